The number of esters is 1. The first-order chi connectivity index (χ1) is 13.4. The van der Waals surface area contributed by atoms with Gasteiger partial charge in [0, 0.05) is 10.4 Å². The number of carbonyl (C=O) groups is 2. The molecule has 0 saturated heterocycles. The van der Waals surface area contributed by atoms with Crippen molar-refractivity contribution in [3.8, 4) is 6.07 Å². The summed E-state index contributed by atoms with van der Waals surface area (Å²) in [6.45, 7) is 2.21. The molecule has 0 fully saturated rings. The van der Waals surface area contributed by atoms with Crippen LogP contribution in [0.4, 0.5) is 5.00 Å². The van der Waals surface area contributed by atoms with Crippen molar-refractivity contribution in [3.05, 3.63) is 51.4 Å². The summed E-state index contributed by atoms with van der Waals surface area (Å²) in [6.07, 6.45) is 2.92. The van der Waals surface area contributed by atoms with E-state index < -0.39 is 11.9 Å². The van der Waals surface area contributed by atoms with Crippen LogP contribution in [0, 0.1) is 17.2 Å². The van der Waals surface area contributed by atoms with Crippen LogP contribution < -0.4 is 10.6 Å². The molecule has 0 spiro atoms. The minimum atomic E-state index is -0.468. The molecule has 1 atom stereocenters. The van der Waals surface area contributed by atoms with Gasteiger partial charge in [0.1, 0.15) is 11.1 Å². The minimum absolute atomic E-state index is 0.130. The number of nitriles is 1. The Labute approximate surface area is 172 Å². The van der Waals surface area contributed by atoms with E-state index in [0.717, 1.165) is 24.8 Å². The highest BCUT2D eigenvalue weighted by Crippen LogP contribution is 2.39. The van der Waals surface area contributed by atoms with Gasteiger partial charge in [-0.15, -0.1) is 11.3 Å². The minimum Gasteiger partial charge on any atom is -0.465 e. The maximum Gasteiger partial charge on any atom is 0.337 e. The smallest absolute Gasteiger partial charge is 0.337 e. The molecule has 0 unspecified atom stereocenters. The molecular formula is C20H19N3O3S2. The van der Waals surface area contributed by atoms with Gasteiger partial charge in [-0.1, -0.05) is 6.92 Å². The maximum absolute atomic E-state index is 12.4. The Morgan fingerprint density at radius 1 is 1.29 bits per heavy atom. The van der Waals surface area contributed by atoms with Gasteiger partial charge < -0.3 is 10.1 Å². The van der Waals surface area contributed by atoms with Crippen molar-refractivity contribution in [2.45, 2.75) is 26.2 Å². The highest BCUT2D eigenvalue weighted by Gasteiger charge is 2.24. The molecule has 0 saturated carbocycles. The molecule has 1 amide bonds. The molecule has 1 heterocycles. The summed E-state index contributed by atoms with van der Waals surface area (Å²) in [4.78, 5) is 25.0. The van der Waals surface area contributed by atoms with E-state index in [-0.39, 0.29) is 5.11 Å². The molecule has 28 heavy (non-hydrogen) atoms. The molecule has 0 radical (unpaired) electrons. The Bertz CT molecular complexity index is 974. The molecule has 3 rings (SSSR count). The van der Waals surface area contributed by atoms with Crippen LogP contribution in [0.15, 0.2) is 24.3 Å². The molecule has 1 aromatic heterocycles. The van der Waals surface area contributed by atoms with Crippen LogP contribution in [0.3, 0.4) is 0 Å². The van der Waals surface area contributed by atoms with Gasteiger partial charge >= 0.3 is 5.97 Å². The van der Waals surface area contributed by atoms with Crippen LogP contribution in [0.25, 0.3) is 0 Å². The zero-order valence-electron chi connectivity index (χ0n) is 15.5. The third-order valence-electron chi connectivity index (χ3n) is 4.65. The van der Waals surface area contributed by atoms with Crippen LogP contribution >= 0.6 is 23.6 Å². The highest BCUT2D eigenvalue weighted by molar-refractivity contribution is 7.80. The fourth-order valence-corrected chi connectivity index (χ4v) is 4.77. The predicted octanol–water partition coefficient (Wildman–Crippen LogP) is 3.66. The van der Waals surface area contributed by atoms with E-state index in [1.165, 1.54) is 47.6 Å². The van der Waals surface area contributed by atoms with E-state index in [2.05, 4.69) is 28.4 Å². The van der Waals surface area contributed by atoms with Gasteiger partial charge in [-0.05, 0) is 67.2 Å². The summed E-state index contributed by atoms with van der Waals surface area (Å²) < 4.78 is 4.63. The molecule has 0 aliphatic heterocycles. The third kappa shape index (κ3) is 4.21. The van der Waals surface area contributed by atoms with Gasteiger partial charge in [-0.3, -0.25) is 10.1 Å². The Hall–Kier alpha value is -2.76. The Kier molecular flexibility index (Phi) is 6.07. The molecule has 1 aliphatic rings. The number of thiocarbonyl (C=S) groups is 1. The molecule has 6 nitrogen and oxygen atoms in total. The number of amides is 1. The first kappa shape index (κ1) is 20.0. The fourth-order valence-electron chi connectivity index (χ4n) is 3.14. The molecule has 8 heteroatoms. The van der Waals surface area contributed by atoms with E-state index in [1.54, 1.807) is 0 Å². The summed E-state index contributed by atoms with van der Waals surface area (Å²) in [5.74, 6) is -0.267. The van der Waals surface area contributed by atoms with E-state index in [1.807, 2.05) is 0 Å². The average molecular weight is 414 g/mol. The molecule has 0 bridgehead atoms. The van der Waals surface area contributed by atoms with Crippen LogP contribution in [0.5, 0.6) is 0 Å². The number of nitrogens with zero attached hydrogens (tertiary/aromatic N) is 1. The molecule has 1 aliphatic carbocycles. The third-order valence-corrected chi connectivity index (χ3v) is 6.02. The first-order valence-corrected chi connectivity index (χ1v) is 10.0. The van der Waals surface area contributed by atoms with Gasteiger partial charge in [0.05, 0.1) is 18.2 Å². The second kappa shape index (κ2) is 8.50. The monoisotopic (exact) mass is 413 g/mol. The van der Waals surface area contributed by atoms with Crippen molar-refractivity contribution in [1.82, 2.24) is 5.32 Å². The number of fused-ring (bicyclic) bond motifs is 1. The van der Waals surface area contributed by atoms with Gasteiger partial charge in [0.15, 0.2) is 5.11 Å². The Morgan fingerprint density at radius 2 is 1.96 bits per heavy atom. The number of carbonyl (C=O) groups excluding carboxylic acids is 2. The average Bonchev–Trinajstić information content (AvgIpc) is 3.02. The first-order valence-electron chi connectivity index (χ1n) is 8.78. The van der Waals surface area contributed by atoms with Crippen LogP contribution in [0.2, 0.25) is 0 Å². The Balaban J connectivity index is 1.68. The van der Waals surface area contributed by atoms with Crippen molar-refractivity contribution < 1.29 is 14.3 Å². The molecular weight excluding hydrogens is 394 g/mol. The maximum atomic E-state index is 12.4. The lowest BCUT2D eigenvalue weighted by molar-refractivity contribution is 0.0600. The van der Waals surface area contributed by atoms with Crippen molar-refractivity contribution in [2.24, 2.45) is 5.92 Å². The lowest BCUT2D eigenvalue weighted by atomic mass is 9.89. The normalized spacial score (nSPS) is 15.1. The van der Waals surface area contributed by atoms with E-state index in [4.69, 9.17) is 12.2 Å². The van der Waals surface area contributed by atoms with E-state index in [9.17, 15) is 14.9 Å². The number of rotatable bonds is 3. The summed E-state index contributed by atoms with van der Waals surface area (Å²) in [7, 11) is 1.30. The largest absolute Gasteiger partial charge is 0.465 e. The second-order valence-electron chi connectivity index (χ2n) is 6.64. The molecule has 144 valence electrons. The number of methoxy groups -OCH3 is 1. The number of hydrogen-bond acceptors (Lipinski definition) is 6. The van der Waals surface area contributed by atoms with Gasteiger partial charge in [0.25, 0.3) is 5.91 Å². The quantitative estimate of drug-likeness (QED) is 0.589. The second-order valence-corrected chi connectivity index (χ2v) is 8.16. The van der Waals surface area contributed by atoms with Gasteiger partial charge in [-0.25, -0.2) is 4.79 Å². The summed E-state index contributed by atoms with van der Waals surface area (Å²) in [6, 6.07) is 8.34. The SMILES string of the molecule is COC(=O)c1ccc(C(=O)NC(=S)Nc2sc3c(c2C#N)CC[C@H](C)C3)cc1. The fraction of sp³-hybridized carbons (Fsp3) is 0.300. The number of anilines is 1. The van der Waals surface area contributed by atoms with E-state index in [0.29, 0.717) is 27.6 Å². The molecule has 1 aromatic carbocycles. The number of ether oxygens (including phenoxy) is 1. The number of nitrogens with one attached hydrogen (secondary N) is 2. The summed E-state index contributed by atoms with van der Waals surface area (Å²) >= 11 is 6.78. The van der Waals surface area contributed by atoms with Gasteiger partial charge in [0.2, 0.25) is 0 Å². The summed E-state index contributed by atoms with van der Waals surface area (Å²) in [5.41, 5.74) is 2.43. The Morgan fingerprint density at radius 3 is 2.61 bits per heavy atom. The lowest BCUT2D eigenvalue weighted by Gasteiger charge is -2.17. The van der Waals surface area contributed by atoms with Crippen molar-refractivity contribution in [2.75, 3.05) is 12.4 Å². The number of thiophene rings is 1. The van der Waals surface area contributed by atoms with Gasteiger partial charge in [-0.2, -0.15) is 5.26 Å². The standard InChI is InChI=1S/C20H19N3O3S2/c1-11-3-8-14-15(10-21)18(28-16(14)9-11)23-20(27)22-17(24)12-4-6-13(7-5-12)19(25)26-2/h4-7,11H,3,8-9H2,1-2H3,(H2,22,23,24,27)/t11-/m0/s1. The highest BCUT2D eigenvalue weighted by atomic mass is 32.1. The topological polar surface area (TPSA) is 91.2 Å². The zero-order chi connectivity index (χ0) is 20.3. The van der Waals surface area contributed by atoms with Crippen molar-refractivity contribution in [1.29, 1.82) is 5.26 Å². The number of benzene rings is 1. The van der Waals surface area contributed by atoms with Crippen LogP contribution in [0.1, 0.15) is 50.1 Å². The van der Waals surface area contributed by atoms with E-state index >= 15 is 0 Å². The molecule has 2 aromatic rings. The van der Waals surface area contributed by atoms with Crippen LogP contribution in [-0.4, -0.2) is 24.1 Å². The molecule has 2 N–H and O–H groups in total. The van der Waals surface area contributed by atoms with Crippen LogP contribution in [-0.2, 0) is 17.6 Å². The van der Waals surface area contributed by atoms with Crippen molar-refractivity contribution in [3.63, 3.8) is 0 Å². The predicted molar refractivity (Wildman–Crippen MR) is 112 cm³/mol. The summed E-state index contributed by atoms with van der Waals surface area (Å²) in [5, 5.41) is 15.9. The zero-order valence-corrected chi connectivity index (χ0v) is 17.1. The lowest BCUT2D eigenvalue weighted by Crippen LogP contribution is -2.34. The number of hydrogen-bond donors (Lipinski definition) is 2. The van der Waals surface area contributed by atoms with Crippen molar-refractivity contribution >= 4 is 45.5 Å².